The zero-order valence-corrected chi connectivity index (χ0v) is 7.84. The minimum atomic E-state index is -1.05. The number of hydrogen-bond donors (Lipinski definition) is 2. The third-order valence-electron chi connectivity index (χ3n) is 1.59. The van der Waals surface area contributed by atoms with Crippen LogP contribution in [-0.4, -0.2) is 22.2 Å². The molecule has 0 bridgehead atoms. The molecule has 1 aromatic rings. The monoisotopic (exact) mass is 210 g/mol. The predicted octanol–water partition coefficient (Wildman–Crippen LogP) is 1.16. The number of benzene rings is 1. The van der Waals surface area contributed by atoms with Gasteiger partial charge < -0.3 is 14.9 Å². The molecule has 1 aromatic carbocycles. The van der Waals surface area contributed by atoms with E-state index in [1.54, 1.807) is 0 Å². The maximum Gasteiger partial charge on any atom is 0.311 e. The van der Waals surface area contributed by atoms with Gasteiger partial charge in [0.1, 0.15) is 11.5 Å². The number of aromatic hydroxyl groups is 1. The minimum Gasteiger partial charge on any atom is -0.508 e. The van der Waals surface area contributed by atoms with E-state index in [0.717, 1.165) is 0 Å². The Balaban J connectivity index is 2.48. The van der Waals surface area contributed by atoms with Crippen molar-refractivity contribution in [3.05, 3.63) is 24.3 Å². The molecule has 1 rings (SSSR count). The van der Waals surface area contributed by atoms with Crippen molar-refractivity contribution in [1.82, 2.24) is 0 Å². The minimum absolute atomic E-state index is 0.0152. The molecule has 15 heavy (non-hydrogen) atoms. The maximum absolute atomic E-state index is 11.1. The fourth-order valence-electron chi connectivity index (χ4n) is 0.938. The number of rotatable bonds is 4. The fraction of sp³-hybridized carbons (Fsp3) is 0.200. The molecule has 2 N–H and O–H groups in total. The van der Waals surface area contributed by atoms with Gasteiger partial charge in [-0.1, -0.05) is 6.07 Å². The van der Waals surface area contributed by atoms with Crippen LogP contribution in [-0.2, 0) is 9.59 Å². The van der Waals surface area contributed by atoms with Gasteiger partial charge in [-0.05, 0) is 12.1 Å². The zero-order valence-electron chi connectivity index (χ0n) is 7.84. The third-order valence-corrected chi connectivity index (χ3v) is 1.59. The van der Waals surface area contributed by atoms with E-state index < -0.39 is 11.9 Å². The summed E-state index contributed by atoms with van der Waals surface area (Å²) in [5.41, 5.74) is 0. The largest absolute Gasteiger partial charge is 0.508 e. The van der Waals surface area contributed by atoms with Crippen LogP contribution in [0.1, 0.15) is 12.8 Å². The highest BCUT2D eigenvalue weighted by atomic mass is 16.5. The van der Waals surface area contributed by atoms with Crippen LogP contribution in [0.5, 0.6) is 11.5 Å². The van der Waals surface area contributed by atoms with Crippen molar-refractivity contribution >= 4 is 11.9 Å². The SMILES string of the molecule is O=C(O)CCC(=O)Oc1cccc(O)c1. The molecule has 0 saturated heterocycles. The number of phenolic OH excluding ortho intramolecular Hbond substituents is 1. The van der Waals surface area contributed by atoms with Gasteiger partial charge in [0, 0.05) is 6.07 Å². The molecule has 0 aliphatic rings. The Morgan fingerprint density at radius 2 is 2.00 bits per heavy atom. The molecule has 5 heteroatoms. The number of esters is 1. The average molecular weight is 210 g/mol. The van der Waals surface area contributed by atoms with Gasteiger partial charge in [0.15, 0.2) is 0 Å². The number of carbonyl (C=O) groups is 2. The van der Waals surface area contributed by atoms with Gasteiger partial charge in [0.25, 0.3) is 0 Å². The Morgan fingerprint density at radius 1 is 1.27 bits per heavy atom. The number of carbonyl (C=O) groups excluding carboxylic acids is 1. The Bertz CT molecular complexity index is 372. The van der Waals surface area contributed by atoms with Crippen LogP contribution in [0.2, 0.25) is 0 Å². The molecule has 0 fully saturated rings. The second kappa shape index (κ2) is 4.99. The first-order valence-corrected chi connectivity index (χ1v) is 4.29. The molecule has 0 amide bonds. The van der Waals surface area contributed by atoms with Crippen molar-refractivity contribution in [3.63, 3.8) is 0 Å². The van der Waals surface area contributed by atoms with E-state index in [9.17, 15) is 9.59 Å². The van der Waals surface area contributed by atoms with Gasteiger partial charge in [-0.25, -0.2) is 0 Å². The number of ether oxygens (including phenoxy) is 1. The highest BCUT2D eigenvalue weighted by Crippen LogP contribution is 2.18. The summed E-state index contributed by atoms with van der Waals surface area (Å²) in [5.74, 6) is -1.50. The van der Waals surface area contributed by atoms with Crippen molar-refractivity contribution < 1.29 is 24.5 Å². The summed E-state index contributed by atoms with van der Waals surface area (Å²) in [6, 6.07) is 5.74. The van der Waals surface area contributed by atoms with Crippen LogP contribution in [0.4, 0.5) is 0 Å². The second-order valence-corrected chi connectivity index (χ2v) is 2.87. The van der Waals surface area contributed by atoms with E-state index in [-0.39, 0.29) is 24.3 Å². The standard InChI is InChI=1S/C10H10O5/c11-7-2-1-3-8(6-7)15-10(14)5-4-9(12)13/h1-3,6,11H,4-5H2,(H,12,13). The summed E-state index contributed by atoms with van der Waals surface area (Å²) >= 11 is 0. The molecular weight excluding hydrogens is 200 g/mol. The van der Waals surface area contributed by atoms with E-state index in [4.69, 9.17) is 14.9 Å². The van der Waals surface area contributed by atoms with Crippen molar-refractivity contribution in [2.45, 2.75) is 12.8 Å². The lowest BCUT2D eigenvalue weighted by Gasteiger charge is -2.02. The second-order valence-electron chi connectivity index (χ2n) is 2.87. The molecule has 0 aliphatic heterocycles. The van der Waals surface area contributed by atoms with Crippen LogP contribution >= 0.6 is 0 Å². The Kier molecular flexibility index (Phi) is 3.68. The lowest BCUT2D eigenvalue weighted by Crippen LogP contribution is -2.10. The number of aliphatic carboxylic acids is 1. The van der Waals surface area contributed by atoms with Crippen LogP contribution in [0.25, 0.3) is 0 Å². The van der Waals surface area contributed by atoms with Gasteiger partial charge in [-0.2, -0.15) is 0 Å². The zero-order chi connectivity index (χ0) is 11.3. The van der Waals surface area contributed by atoms with E-state index in [2.05, 4.69) is 0 Å². The number of hydrogen-bond acceptors (Lipinski definition) is 4. The average Bonchev–Trinajstić information content (AvgIpc) is 2.15. The molecule has 0 aliphatic carbocycles. The smallest absolute Gasteiger partial charge is 0.311 e. The van der Waals surface area contributed by atoms with E-state index in [0.29, 0.717) is 0 Å². The molecule has 0 aromatic heterocycles. The summed E-state index contributed by atoms with van der Waals surface area (Å²) in [6.07, 6.45) is -0.456. The van der Waals surface area contributed by atoms with E-state index in [1.807, 2.05) is 0 Å². The van der Waals surface area contributed by atoms with E-state index in [1.165, 1.54) is 24.3 Å². The molecule has 0 heterocycles. The molecule has 80 valence electrons. The first-order chi connectivity index (χ1) is 7.08. The van der Waals surface area contributed by atoms with Crippen LogP contribution in [0.15, 0.2) is 24.3 Å². The Labute approximate surface area is 85.9 Å². The van der Waals surface area contributed by atoms with E-state index >= 15 is 0 Å². The molecule has 5 nitrogen and oxygen atoms in total. The van der Waals surface area contributed by atoms with Gasteiger partial charge in [0.05, 0.1) is 12.8 Å². The summed E-state index contributed by atoms with van der Waals surface area (Å²) < 4.78 is 4.78. The molecule has 0 saturated carbocycles. The molecule has 0 unspecified atom stereocenters. The van der Waals surface area contributed by atoms with Gasteiger partial charge in [-0.15, -0.1) is 0 Å². The maximum atomic E-state index is 11.1. The van der Waals surface area contributed by atoms with Crippen molar-refractivity contribution in [1.29, 1.82) is 0 Å². The van der Waals surface area contributed by atoms with Crippen LogP contribution in [0, 0.1) is 0 Å². The number of phenols is 1. The summed E-state index contributed by atoms with van der Waals surface area (Å²) in [7, 11) is 0. The first-order valence-electron chi connectivity index (χ1n) is 4.29. The lowest BCUT2D eigenvalue weighted by molar-refractivity contribution is -0.142. The van der Waals surface area contributed by atoms with Gasteiger partial charge in [0.2, 0.25) is 0 Å². The van der Waals surface area contributed by atoms with Gasteiger partial charge in [-0.3, -0.25) is 9.59 Å². The van der Waals surface area contributed by atoms with Crippen LogP contribution in [0.3, 0.4) is 0 Å². The molecule has 0 atom stereocenters. The summed E-state index contributed by atoms with van der Waals surface area (Å²) in [5, 5.41) is 17.4. The molecule has 0 spiro atoms. The Morgan fingerprint density at radius 3 is 2.60 bits per heavy atom. The lowest BCUT2D eigenvalue weighted by atomic mass is 10.3. The number of carboxylic acid groups (broad SMARTS) is 1. The molecular formula is C10H10O5. The first kappa shape index (κ1) is 11.0. The normalized spacial score (nSPS) is 9.60. The molecule has 0 radical (unpaired) electrons. The quantitative estimate of drug-likeness (QED) is 0.575. The summed E-state index contributed by atoms with van der Waals surface area (Å²) in [6.45, 7) is 0. The Hall–Kier alpha value is -2.04. The van der Waals surface area contributed by atoms with Crippen molar-refractivity contribution in [2.24, 2.45) is 0 Å². The fourth-order valence-corrected chi connectivity index (χ4v) is 0.938. The topological polar surface area (TPSA) is 83.8 Å². The number of carboxylic acids is 1. The highest BCUT2D eigenvalue weighted by Gasteiger charge is 2.07. The van der Waals surface area contributed by atoms with Gasteiger partial charge >= 0.3 is 11.9 Å². The van der Waals surface area contributed by atoms with Crippen LogP contribution < -0.4 is 4.74 Å². The summed E-state index contributed by atoms with van der Waals surface area (Å²) in [4.78, 5) is 21.2. The predicted molar refractivity (Wildman–Crippen MR) is 50.6 cm³/mol. The van der Waals surface area contributed by atoms with Crippen molar-refractivity contribution in [2.75, 3.05) is 0 Å². The third kappa shape index (κ3) is 4.12. The highest BCUT2D eigenvalue weighted by molar-refractivity contribution is 5.78. The van der Waals surface area contributed by atoms with Crippen molar-refractivity contribution in [3.8, 4) is 11.5 Å².